The quantitative estimate of drug-likeness (QED) is 0.471. The summed E-state index contributed by atoms with van der Waals surface area (Å²) in [7, 11) is 0. The zero-order valence-electron chi connectivity index (χ0n) is 11.9. The van der Waals surface area contributed by atoms with Gasteiger partial charge in [0.2, 0.25) is 0 Å². The van der Waals surface area contributed by atoms with E-state index >= 15 is 0 Å². The first-order valence-corrected chi connectivity index (χ1v) is 8.05. The van der Waals surface area contributed by atoms with Crippen molar-refractivity contribution in [3.05, 3.63) is 33.4 Å². The summed E-state index contributed by atoms with van der Waals surface area (Å²) in [6, 6.07) is 0.916. The minimum Gasteiger partial charge on any atom is -0.462 e. The summed E-state index contributed by atoms with van der Waals surface area (Å²) in [6.45, 7) is 1.03. The molecular weight excluding hydrogens is 330 g/mol. The molecule has 0 bridgehead atoms. The minimum absolute atomic E-state index is 0.147. The van der Waals surface area contributed by atoms with Gasteiger partial charge in [0.25, 0.3) is 0 Å². The lowest BCUT2D eigenvalue weighted by Gasteiger charge is -2.27. The Hall–Kier alpha value is -1.54. The molecule has 4 nitrogen and oxygen atoms in total. The van der Waals surface area contributed by atoms with Gasteiger partial charge in [0, 0.05) is 5.70 Å². The molecule has 0 spiro atoms. The van der Waals surface area contributed by atoms with Gasteiger partial charge in [-0.1, -0.05) is 0 Å². The molecule has 8 heteroatoms. The summed E-state index contributed by atoms with van der Waals surface area (Å²) in [5.41, 5.74) is 1.31. The average molecular weight is 346 g/mol. The summed E-state index contributed by atoms with van der Waals surface area (Å²) in [6.07, 6.45) is 0.999. The normalized spacial score (nSPS) is 18.0. The lowest BCUT2D eigenvalue weighted by atomic mass is 10.0. The number of thiophene rings is 1. The number of esters is 1. The molecule has 0 aliphatic carbocycles. The van der Waals surface area contributed by atoms with Crippen LogP contribution < -0.4 is 10.6 Å². The molecule has 1 aliphatic rings. The van der Waals surface area contributed by atoms with Gasteiger partial charge in [-0.2, -0.15) is 4.39 Å². The molecule has 1 unspecified atom stereocenters. The molecule has 1 aromatic heterocycles. The second kappa shape index (κ2) is 7.64. The highest BCUT2D eigenvalue weighted by Crippen LogP contribution is 2.17. The van der Waals surface area contributed by atoms with Crippen molar-refractivity contribution in [3.63, 3.8) is 0 Å². The number of carbonyl (C=O) groups is 1. The van der Waals surface area contributed by atoms with Crippen LogP contribution in [0.2, 0.25) is 0 Å². The molecular formula is C14H16F2N2O2S2. The Morgan fingerprint density at radius 3 is 2.95 bits per heavy atom. The van der Waals surface area contributed by atoms with Crippen LogP contribution in [0.4, 0.5) is 8.78 Å². The van der Waals surface area contributed by atoms with Crippen molar-refractivity contribution in [2.45, 2.75) is 25.8 Å². The fraction of sp³-hybridized carbons (Fsp3) is 0.429. The van der Waals surface area contributed by atoms with Gasteiger partial charge in [0.15, 0.2) is 10.2 Å². The SMILES string of the molecule is CC1=C(C(=O)OCCCc2ccsc2F)C(CF)NC(=S)N1. The van der Waals surface area contributed by atoms with Crippen molar-refractivity contribution in [3.8, 4) is 0 Å². The Morgan fingerprint density at radius 1 is 1.55 bits per heavy atom. The van der Waals surface area contributed by atoms with Gasteiger partial charge in [0.05, 0.1) is 18.2 Å². The minimum atomic E-state index is -0.796. The third-order valence-electron chi connectivity index (χ3n) is 3.25. The molecule has 1 aromatic rings. The molecule has 2 heterocycles. The van der Waals surface area contributed by atoms with Crippen LogP contribution in [0.5, 0.6) is 0 Å². The van der Waals surface area contributed by atoms with Gasteiger partial charge >= 0.3 is 5.97 Å². The first kappa shape index (κ1) is 16.8. The molecule has 2 rings (SSSR count). The summed E-state index contributed by atoms with van der Waals surface area (Å²) >= 11 is 5.96. The van der Waals surface area contributed by atoms with Crippen LogP contribution >= 0.6 is 23.6 Å². The zero-order chi connectivity index (χ0) is 16.1. The van der Waals surface area contributed by atoms with Crippen molar-refractivity contribution in [2.24, 2.45) is 0 Å². The fourth-order valence-corrected chi connectivity index (χ4v) is 3.15. The second-order valence-corrected chi connectivity index (χ2v) is 6.08. The number of alkyl halides is 1. The topological polar surface area (TPSA) is 50.4 Å². The molecule has 1 atom stereocenters. The molecule has 0 saturated heterocycles. The van der Waals surface area contributed by atoms with Crippen LogP contribution in [0, 0.1) is 5.13 Å². The van der Waals surface area contributed by atoms with Gasteiger partial charge in [-0.05, 0) is 49.0 Å². The summed E-state index contributed by atoms with van der Waals surface area (Å²) in [5, 5.41) is 7.22. The maximum Gasteiger partial charge on any atom is 0.337 e. The molecule has 2 N–H and O–H groups in total. The Kier molecular flexibility index (Phi) is 5.84. The van der Waals surface area contributed by atoms with E-state index in [0.717, 1.165) is 11.3 Å². The highest BCUT2D eigenvalue weighted by molar-refractivity contribution is 7.80. The maximum atomic E-state index is 13.2. The predicted octanol–water partition coefficient (Wildman–Crippen LogP) is 2.45. The molecule has 0 saturated carbocycles. The maximum absolute atomic E-state index is 13.2. The molecule has 0 fully saturated rings. The monoisotopic (exact) mass is 346 g/mol. The molecule has 1 aliphatic heterocycles. The third kappa shape index (κ3) is 4.01. The van der Waals surface area contributed by atoms with E-state index in [0.29, 0.717) is 24.1 Å². The van der Waals surface area contributed by atoms with Crippen molar-refractivity contribution < 1.29 is 18.3 Å². The standard InChI is InChI=1S/C14H16F2N2O2S2/c1-8-11(10(7-15)18-14(21)17-8)13(19)20-5-2-3-9-4-6-22-12(9)16/h4,6,10H,2-3,5,7H2,1H3,(H2,17,18,21). The predicted molar refractivity (Wildman–Crippen MR) is 84.9 cm³/mol. The highest BCUT2D eigenvalue weighted by atomic mass is 32.1. The van der Waals surface area contributed by atoms with Crippen LogP contribution in [0.1, 0.15) is 18.9 Å². The van der Waals surface area contributed by atoms with E-state index in [-0.39, 0.29) is 22.4 Å². The Bertz CT molecular complexity index is 601. The second-order valence-electron chi connectivity index (χ2n) is 4.80. The number of hydrogen-bond donors (Lipinski definition) is 2. The van der Waals surface area contributed by atoms with Crippen LogP contribution in [0.25, 0.3) is 0 Å². The number of rotatable bonds is 6. The number of thiocarbonyl (C=S) groups is 1. The molecule has 0 amide bonds. The van der Waals surface area contributed by atoms with Crippen LogP contribution in [-0.2, 0) is 16.0 Å². The molecule has 22 heavy (non-hydrogen) atoms. The van der Waals surface area contributed by atoms with E-state index in [2.05, 4.69) is 10.6 Å². The van der Waals surface area contributed by atoms with Crippen LogP contribution in [0.3, 0.4) is 0 Å². The number of halogens is 2. The van der Waals surface area contributed by atoms with Crippen molar-refractivity contribution in [1.29, 1.82) is 0 Å². The number of allylic oxidation sites excluding steroid dienone is 1. The molecule has 0 radical (unpaired) electrons. The number of nitrogens with one attached hydrogen (secondary N) is 2. The van der Waals surface area contributed by atoms with E-state index in [1.54, 1.807) is 18.4 Å². The zero-order valence-corrected chi connectivity index (χ0v) is 13.6. The van der Waals surface area contributed by atoms with Gasteiger partial charge in [0.1, 0.15) is 6.67 Å². The van der Waals surface area contributed by atoms with E-state index in [4.69, 9.17) is 17.0 Å². The van der Waals surface area contributed by atoms with E-state index < -0.39 is 18.7 Å². The lowest BCUT2D eigenvalue weighted by molar-refractivity contribution is -0.139. The van der Waals surface area contributed by atoms with Gasteiger partial charge < -0.3 is 15.4 Å². The lowest BCUT2D eigenvalue weighted by Crippen LogP contribution is -2.50. The Labute approximate surface area is 136 Å². The first-order valence-electron chi connectivity index (χ1n) is 6.76. The largest absolute Gasteiger partial charge is 0.462 e. The Balaban J connectivity index is 1.87. The van der Waals surface area contributed by atoms with Crippen molar-refractivity contribution in [1.82, 2.24) is 10.6 Å². The van der Waals surface area contributed by atoms with E-state index in [1.165, 1.54) is 0 Å². The van der Waals surface area contributed by atoms with Crippen LogP contribution in [-0.4, -0.2) is 30.4 Å². The highest BCUT2D eigenvalue weighted by Gasteiger charge is 2.29. The summed E-state index contributed by atoms with van der Waals surface area (Å²) in [4.78, 5) is 12.1. The average Bonchev–Trinajstić information content (AvgIpc) is 2.87. The number of carbonyl (C=O) groups excluding carboxylic acids is 1. The summed E-state index contributed by atoms with van der Waals surface area (Å²) < 4.78 is 31.4. The van der Waals surface area contributed by atoms with Gasteiger partial charge in [-0.25, -0.2) is 9.18 Å². The van der Waals surface area contributed by atoms with Crippen molar-refractivity contribution >= 4 is 34.6 Å². The number of ether oxygens (including phenoxy) is 1. The van der Waals surface area contributed by atoms with E-state index in [9.17, 15) is 13.6 Å². The summed E-state index contributed by atoms with van der Waals surface area (Å²) in [5.74, 6) is -0.589. The molecule has 0 aromatic carbocycles. The smallest absolute Gasteiger partial charge is 0.337 e. The number of hydrogen-bond acceptors (Lipinski definition) is 4. The van der Waals surface area contributed by atoms with Gasteiger partial charge in [-0.15, -0.1) is 11.3 Å². The third-order valence-corrected chi connectivity index (χ3v) is 4.21. The van der Waals surface area contributed by atoms with E-state index in [1.807, 2.05) is 0 Å². The first-order chi connectivity index (χ1) is 10.5. The number of aryl methyl sites for hydroxylation is 1. The van der Waals surface area contributed by atoms with Crippen molar-refractivity contribution in [2.75, 3.05) is 13.3 Å². The fourth-order valence-electron chi connectivity index (χ4n) is 2.18. The van der Waals surface area contributed by atoms with Crippen LogP contribution in [0.15, 0.2) is 22.7 Å². The molecule has 120 valence electrons. The van der Waals surface area contributed by atoms with Gasteiger partial charge in [-0.3, -0.25) is 0 Å². The Morgan fingerprint density at radius 2 is 2.32 bits per heavy atom.